The Morgan fingerprint density at radius 1 is 1.13 bits per heavy atom. The third-order valence-electron chi connectivity index (χ3n) is 2.68. The number of carbonyl (C=O) groups excluding carboxylic acids is 1. The van der Waals surface area contributed by atoms with E-state index in [1.807, 2.05) is 0 Å². The zero-order chi connectivity index (χ0) is 17.0. The maximum Gasteiger partial charge on any atom is 0.306 e. The van der Waals surface area contributed by atoms with Crippen LogP contribution in [0, 0.1) is 27.6 Å². The van der Waals surface area contributed by atoms with Crippen LogP contribution in [0.15, 0.2) is 41.3 Å². The molecule has 0 spiro atoms. The number of anilines is 1. The summed E-state index contributed by atoms with van der Waals surface area (Å²) in [6.07, 6.45) is 0. The van der Waals surface area contributed by atoms with Crippen molar-refractivity contribution in [2.24, 2.45) is 0 Å². The van der Waals surface area contributed by atoms with E-state index in [-0.39, 0.29) is 16.3 Å². The van der Waals surface area contributed by atoms with Gasteiger partial charge in [0.1, 0.15) is 11.6 Å². The molecule has 5 nitrogen and oxygen atoms in total. The molecule has 2 aromatic carbocycles. The molecule has 0 heterocycles. The van der Waals surface area contributed by atoms with Crippen LogP contribution in [0.1, 0.15) is 0 Å². The highest BCUT2D eigenvalue weighted by molar-refractivity contribution is 8.00. The van der Waals surface area contributed by atoms with E-state index in [1.165, 1.54) is 12.1 Å². The van der Waals surface area contributed by atoms with Crippen molar-refractivity contribution in [3.63, 3.8) is 0 Å². The summed E-state index contributed by atoms with van der Waals surface area (Å²) in [6.45, 7) is 0. The predicted octanol–water partition coefficient (Wildman–Crippen LogP) is 3.74. The van der Waals surface area contributed by atoms with E-state index < -0.39 is 34.0 Å². The number of nitrogens with zero attached hydrogens (tertiary/aromatic N) is 1. The number of nitrogens with one attached hydrogen (secondary N) is 1. The number of nitro groups is 1. The molecule has 0 fully saturated rings. The van der Waals surface area contributed by atoms with Gasteiger partial charge in [0.25, 0.3) is 0 Å². The molecule has 1 amide bonds. The van der Waals surface area contributed by atoms with Crippen LogP contribution in [0.25, 0.3) is 0 Å². The normalized spacial score (nSPS) is 10.4. The number of carbonyl (C=O) groups is 1. The van der Waals surface area contributed by atoms with Crippen molar-refractivity contribution in [1.82, 2.24) is 0 Å². The van der Waals surface area contributed by atoms with E-state index in [0.717, 1.165) is 30.0 Å². The monoisotopic (exact) mass is 342 g/mol. The van der Waals surface area contributed by atoms with Crippen molar-refractivity contribution in [1.29, 1.82) is 0 Å². The molecule has 23 heavy (non-hydrogen) atoms. The summed E-state index contributed by atoms with van der Waals surface area (Å²) in [6, 6.07) is 5.88. The number of halogens is 3. The third-order valence-corrected chi connectivity index (χ3v) is 3.73. The number of rotatable bonds is 5. The Morgan fingerprint density at radius 2 is 1.87 bits per heavy atom. The number of hydrogen-bond donors (Lipinski definition) is 1. The van der Waals surface area contributed by atoms with Crippen molar-refractivity contribution >= 4 is 29.0 Å². The minimum Gasteiger partial charge on any atom is -0.325 e. The zero-order valence-corrected chi connectivity index (χ0v) is 12.2. The number of thioether (sulfide) groups is 1. The lowest BCUT2D eigenvalue weighted by Gasteiger charge is -2.06. The van der Waals surface area contributed by atoms with Gasteiger partial charge in [0, 0.05) is 22.7 Å². The Morgan fingerprint density at radius 3 is 2.52 bits per heavy atom. The lowest BCUT2D eigenvalue weighted by atomic mass is 10.2. The fourth-order valence-corrected chi connectivity index (χ4v) is 2.38. The molecule has 0 aliphatic carbocycles. The average Bonchev–Trinajstić information content (AvgIpc) is 2.48. The highest BCUT2D eigenvalue weighted by Gasteiger charge is 2.15. The molecule has 0 atom stereocenters. The summed E-state index contributed by atoms with van der Waals surface area (Å²) in [7, 11) is 0. The number of amides is 1. The van der Waals surface area contributed by atoms with Crippen LogP contribution < -0.4 is 5.32 Å². The summed E-state index contributed by atoms with van der Waals surface area (Å²) in [5.74, 6) is -3.31. The van der Waals surface area contributed by atoms with Gasteiger partial charge in [-0.25, -0.2) is 8.78 Å². The molecule has 0 aliphatic rings. The first-order valence-corrected chi connectivity index (χ1v) is 7.17. The average molecular weight is 342 g/mol. The van der Waals surface area contributed by atoms with E-state index in [9.17, 15) is 28.1 Å². The van der Waals surface area contributed by atoms with Crippen LogP contribution in [-0.4, -0.2) is 16.6 Å². The Balaban J connectivity index is 2.00. The highest BCUT2D eigenvalue weighted by Crippen LogP contribution is 2.24. The van der Waals surface area contributed by atoms with Gasteiger partial charge in [-0.2, -0.15) is 4.39 Å². The summed E-state index contributed by atoms with van der Waals surface area (Å²) in [4.78, 5) is 21.5. The van der Waals surface area contributed by atoms with Gasteiger partial charge < -0.3 is 5.32 Å². The molecule has 0 aromatic heterocycles. The standard InChI is InChI=1S/C14H9F3N2O3S/c15-8-1-4-13(11(17)5-8)23-7-14(20)18-9-2-3-10(16)12(6-9)19(21)22/h1-6H,7H2,(H,18,20). The third kappa shape index (κ3) is 4.46. The predicted molar refractivity (Wildman–Crippen MR) is 78.8 cm³/mol. The maximum absolute atomic E-state index is 13.4. The van der Waals surface area contributed by atoms with Crippen LogP contribution in [-0.2, 0) is 4.79 Å². The van der Waals surface area contributed by atoms with Crippen molar-refractivity contribution in [3.05, 3.63) is 64.0 Å². The fraction of sp³-hybridized carbons (Fsp3) is 0.0714. The van der Waals surface area contributed by atoms with E-state index in [2.05, 4.69) is 5.32 Å². The maximum atomic E-state index is 13.4. The summed E-state index contributed by atoms with van der Waals surface area (Å²) in [5, 5.41) is 13.0. The van der Waals surface area contributed by atoms with Crippen molar-refractivity contribution in [2.75, 3.05) is 11.1 Å². The molecule has 0 saturated carbocycles. The molecule has 1 N–H and O–H groups in total. The Bertz CT molecular complexity index is 771. The quantitative estimate of drug-likeness (QED) is 0.510. The van der Waals surface area contributed by atoms with Crippen LogP contribution in [0.2, 0.25) is 0 Å². The topological polar surface area (TPSA) is 72.2 Å². The summed E-state index contributed by atoms with van der Waals surface area (Å²) >= 11 is 0.835. The lowest BCUT2D eigenvalue weighted by molar-refractivity contribution is -0.387. The first-order valence-electron chi connectivity index (χ1n) is 6.18. The molecule has 0 unspecified atom stereocenters. The van der Waals surface area contributed by atoms with Gasteiger partial charge in [0.05, 0.1) is 10.7 Å². The molecule has 0 saturated heterocycles. The number of hydrogen-bond acceptors (Lipinski definition) is 4. The van der Waals surface area contributed by atoms with Crippen LogP contribution in [0.4, 0.5) is 24.5 Å². The van der Waals surface area contributed by atoms with E-state index in [1.54, 1.807) is 0 Å². The van der Waals surface area contributed by atoms with E-state index >= 15 is 0 Å². The second kappa shape index (κ2) is 7.14. The SMILES string of the molecule is O=C(CSc1ccc(F)cc1F)Nc1ccc(F)c([N+](=O)[O-])c1. The van der Waals surface area contributed by atoms with Gasteiger partial charge >= 0.3 is 5.69 Å². The van der Waals surface area contributed by atoms with Gasteiger partial charge in [-0.15, -0.1) is 11.8 Å². The summed E-state index contributed by atoms with van der Waals surface area (Å²) in [5.41, 5.74) is -0.719. The van der Waals surface area contributed by atoms with Gasteiger partial charge in [-0.3, -0.25) is 14.9 Å². The smallest absolute Gasteiger partial charge is 0.306 e. The van der Waals surface area contributed by atoms with Gasteiger partial charge in [0.2, 0.25) is 11.7 Å². The molecule has 0 radical (unpaired) electrons. The van der Waals surface area contributed by atoms with Crippen molar-refractivity contribution in [3.8, 4) is 0 Å². The Hall–Kier alpha value is -2.55. The van der Waals surface area contributed by atoms with Gasteiger partial charge in [-0.1, -0.05) is 0 Å². The molecule has 0 aliphatic heterocycles. The second-order valence-electron chi connectivity index (χ2n) is 4.33. The second-order valence-corrected chi connectivity index (χ2v) is 5.35. The molecular formula is C14H9F3N2O3S. The lowest BCUT2D eigenvalue weighted by Crippen LogP contribution is -2.14. The van der Waals surface area contributed by atoms with Crippen LogP contribution in [0.3, 0.4) is 0 Å². The minimum atomic E-state index is -1.02. The molecule has 120 valence electrons. The van der Waals surface area contributed by atoms with Gasteiger partial charge in [0.15, 0.2) is 0 Å². The molecule has 0 bridgehead atoms. The van der Waals surface area contributed by atoms with E-state index in [4.69, 9.17) is 0 Å². The van der Waals surface area contributed by atoms with E-state index in [0.29, 0.717) is 6.07 Å². The first kappa shape index (κ1) is 16.8. The van der Waals surface area contributed by atoms with Gasteiger partial charge in [-0.05, 0) is 24.3 Å². The molecular weight excluding hydrogens is 333 g/mol. The Kier molecular flexibility index (Phi) is 5.22. The van der Waals surface area contributed by atoms with Crippen molar-refractivity contribution in [2.45, 2.75) is 4.90 Å². The number of nitro benzene ring substituents is 1. The summed E-state index contributed by atoms with van der Waals surface area (Å²) < 4.78 is 39.3. The van der Waals surface area contributed by atoms with Crippen LogP contribution in [0.5, 0.6) is 0 Å². The first-order chi connectivity index (χ1) is 10.9. The largest absolute Gasteiger partial charge is 0.325 e. The fourth-order valence-electron chi connectivity index (χ4n) is 1.66. The molecule has 2 aromatic rings. The zero-order valence-electron chi connectivity index (χ0n) is 11.4. The number of benzene rings is 2. The molecule has 2 rings (SSSR count). The van der Waals surface area contributed by atoms with Crippen molar-refractivity contribution < 1.29 is 22.9 Å². The molecule has 9 heteroatoms. The highest BCUT2D eigenvalue weighted by atomic mass is 32.2. The minimum absolute atomic E-state index is 0.0447. The van der Waals surface area contributed by atoms with Crippen LogP contribution >= 0.6 is 11.8 Å². The Labute approximate surface area is 132 Å².